The Kier molecular flexibility index (Phi) is 6.65. The lowest BCUT2D eigenvalue weighted by Crippen LogP contribution is -1.95. The van der Waals surface area contributed by atoms with Crippen molar-refractivity contribution >= 4 is 104 Å². The van der Waals surface area contributed by atoms with Crippen LogP contribution in [-0.2, 0) is 0 Å². The Morgan fingerprint density at radius 1 is 0.203 bits per heavy atom. The summed E-state index contributed by atoms with van der Waals surface area (Å²) in [6.07, 6.45) is 0. The molecule has 0 saturated carbocycles. The first-order chi connectivity index (χ1) is 31.8. The summed E-state index contributed by atoms with van der Waals surface area (Å²) in [6, 6.07) is 80.7. The molecule has 0 spiro atoms. The molecular formula is C60H36N4. The number of aromatic nitrogens is 4. The zero-order valence-corrected chi connectivity index (χ0v) is 34.6. The summed E-state index contributed by atoms with van der Waals surface area (Å²) in [4.78, 5) is 0. The minimum atomic E-state index is 1.15. The van der Waals surface area contributed by atoms with Gasteiger partial charge >= 0.3 is 0 Å². The number of para-hydroxylation sites is 6. The maximum Gasteiger partial charge on any atom is 0.0622 e. The predicted molar refractivity (Wildman–Crippen MR) is 270 cm³/mol. The molecule has 4 heteroatoms. The molecule has 4 nitrogen and oxygen atoms in total. The zero-order chi connectivity index (χ0) is 41.6. The molecule has 0 aliphatic heterocycles. The highest BCUT2D eigenvalue weighted by Gasteiger charge is 2.22. The predicted octanol–water partition coefficient (Wildman–Crippen LogP) is 15.8. The van der Waals surface area contributed by atoms with Gasteiger partial charge in [-0.2, -0.15) is 0 Å². The Morgan fingerprint density at radius 3 is 1.05 bits per heavy atom. The Morgan fingerprint density at radius 2 is 0.547 bits per heavy atom. The van der Waals surface area contributed by atoms with Crippen molar-refractivity contribution in [3.63, 3.8) is 0 Å². The van der Waals surface area contributed by atoms with Gasteiger partial charge in [-0.25, -0.2) is 0 Å². The number of hydrogen-bond donors (Lipinski definition) is 0. The summed E-state index contributed by atoms with van der Waals surface area (Å²) in [6.45, 7) is 0. The second-order valence-corrected chi connectivity index (χ2v) is 17.3. The van der Waals surface area contributed by atoms with E-state index >= 15 is 0 Å². The summed E-state index contributed by atoms with van der Waals surface area (Å²) in [7, 11) is 0. The van der Waals surface area contributed by atoms with Crippen LogP contribution in [0.15, 0.2) is 218 Å². The molecule has 64 heavy (non-hydrogen) atoms. The summed E-state index contributed by atoms with van der Waals surface area (Å²) in [5, 5.41) is 12.6. The van der Waals surface area contributed by atoms with Gasteiger partial charge in [0, 0.05) is 70.9 Å². The summed E-state index contributed by atoms with van der Waals surface area (Å²) in [5.74, 6) is 0. The number of benzene rings is 10. The van der Waals surface area contributed by atoms with Crippen LogP contribution < -0.4 is 0 Å². The van der Waals surface area contributed by atoms with E-state index in [-0.39, 0.29) is 0 Å². The number of hydrogen-bond acceptors (Lipinski definition) is 0. The second-order valence-electron chi connectivity index (χ2n) is 17.3. The fourth-order valence-electron chi connectivity index (χ4n) is 11.4. The molecule has 5 aromatic heterocycles. The van der Waals surface area contributed by atoms with Crippen LogP contribution in [-0.4, -0.2) is 18.1 Å². The van der Waals surface area contributed by atoms with Crippen molar-refractivity contribution in [2.24, 2.45) is 0 Å². The largest absolute Gasteiger partial charge is 0.309 e. The van der Waals surface area contributed by atoms with E-state index in [4.69, 9.17) is 0 Å². The normalized spacial score (nSPS) is 12.4. The van der Waals surface area contributed by atoms with Gasteiger partial charge in [0.05, 0.1) is 49.7 Å². The first-order valence-electron chi connectivity index (χ1n) is 22.1. The van der Waals surface area contributed by atoms with Crippen molar-refractivity contribution in [2.45, 2.75) is 0 Å². The molecule has 296 valence electrons. The van der Waals surface area contributed by atoms with Crippen LogP contribution in [0.4, 0.5) is 0 Å². The topological polar surface area (TPSA) is 19.2 Å². The van der Waals surface area contributed by atoms with Crippen molar-refractivity contribution in [1.82, 2.24) is 18.1 Å². The summed E-state index contributed by atoms with van der Waals surface area (Å²) >= 11 is 0. The van der Waals surface area contributed by atoms with Gasteiger partial charge in [0.15, 0.2) is 0 Å². The molecule has 15 rings (SSSR count). The van der Waals surface area contributed by atoms with Crippen molar-refractivity contribution in [2.75, 3.05) is 0 Å². The van der Waals surface area contributed by atoms with Crippen molar-refractivity contribution < 1.29 is 0 Å². The quantitative estimate of drug-likeness (QED) is 0.169. The number of rotatable bonds is 4. The Balaban J connectivity index is 0.909. The molecule has 0 aliphatic carbocycles. The average molecular weight is 813 g/mol. The lowest BCUT2D eigenvalue weighted by atomic mass is 10.0. The van der Waals surface area contributed by atoms with Gasteiger partial charge in [-0.3, -0.25) is 0 Å². The third kappa shape index (κ3) is 4.46. The SMILES string of the molecule is c1ccc(-n2c3ccccc3c3cc(-n4c5ccccc5c5cc(-c6ccc7c(c6)c6ccccc6n7-c6cc7c8ccccc8n8c9ccccc9c(c6)c78)ccc54)ccc32)cc1. The Bertz CT molecular complexity index is 4340. The van der Waals surface area contributed by atoms with Crippen LogP contribution in [0.3, 0.4) is 0 Å². The van der Waals surface area contributed by atoms with E-state index in [9.17, 15) is 0 Å². The number of fused-ring (bicyclic) bond motifs is 15. The molecule has 0 atom stereocenters. The van der Waals surface area contributed by atoms with Crippen LogP contribution in [0.25, 0.3) is 132 Å². The first-order valence-corrected chi connectivity index (χ1v) is 22.1. The van der Waals surface area contributed by atoms with Crippen LogP contribution in [0.5, 0.6) is 0 Å². The van der Waals surface area contributed by atoms with E-state index in [1.165, 1.54) is 126 Å². The van der Waals surface area contributed by atoms with Crippen LogP contribution in [0, 0.1) is 0 Å². The van der Waals surface area contributed by atoms with Gasteiger partial charge in [0.1, 0.15) is 0 Å². The third-order valence-corrected chi connectivity index (χ3v) is 14.1. The molecule has 5 heterocycles. The van der Waals surface area contributed by atoms with E-state index < -0.39 is 0 Å². The highest BCUT2D eigenvalue weighted by atomic mass is 15.0. The van der Waals surface area contributed by atoms with Gasteiger partial charge < -0.3 is 18.1 Å². The van der Waals surface area contributed by atoms with E-state index in [0.717, 1.165) is 5.69 Å². The summed E-state index contributed by atoms with van der Waals surface area (Å²) < 4.78 is 9.75. The fourth-order valence-corrected chi connectivity index (χ4v) is 11.4. The van der Waals surface area contributed by atoms with Crippen molar-refractivity contribution in [3.05, 3.63) is 218 Å². The van der Waals surface area contributed by atoms with E-state index in [1.807, 2.05) is 0 Å². The molecule has 0 aliphatic rings. The van der Waals surface area contributed by atoms with E-state index in [2.05, 4.69) is 236 Å². The Hall–Kier alpha value is -8.60. The summed E-state index contributed by atoms with van der Waals surface area (Å²) in [5.41, 5.74) is 16.9. The third-order valence-electron chi connectivity index (χ3n) is 14.1. The maximum absolute atomic E-state index is 2.47. The highest BCUT2D eigenvalue weighted by molar-refractivity contribution is 6.24. The molecule has 0 saturated heterocycles. The van der Waals surface area contributed by atoms with Crippen LogP contribution in [0.1, 0.15) is 0 Å². The molecular weight excluding hydrogens is 777 g/mol. The van der Waals surface area contributed by atoms with Crippen molar-refractivity contribution in [3.8, 4) is 28.2 Å². The first kappa shape index (κ1) is 34.0. The van der Waals surface area contributed by atoms with Crippen molar-refractivity contribution in [1.29, 1.82) is 0 Å². The van der Waals surface area contributed by atoms with Gasteiger partial charge in [0.2, 0.25) is 0 Å². The van der Waals surface area contributed by atoms with Crippen LogP contribution >= 0.6 is 0 Å². The molecule has 0 bridgehead atoms. The monoisotopic (exact) mass is 812 g/mol. The van der Waals surface area contributed by atoms with Crippen LogP contribution in [0.2, 0.25) is 0 Å². The molecule has 0 unspecified atom stereocenters. The molecule has 0 N–H and O–H groups in total. The van der Waals surface area contributed by atoms with E-state index in [1.54, 1.807) is 0 Å². The minimum Gasteiger partial charge on any atom is -0.309 e. The average Bonchev–Trinajstić information content (AvgIpc) is 4.15. The zero-order valence-electron chi connectivity index (χ0n) is 34.6. The second kappa shape index (κ2) is 12.5. The molecule has 0 amide bonds. The molecule has 0 fully saturated rings. The molecule has 10 aromatic carbocycles. The van der Waals surface area contributed by atoms with Gasteiger partial charge in [-0.05, 0) is 108 Å². The maximum atomic E-state index is 2.47. The fraction of sp³-hybridized carbons (Fsp3) is 0. The highest BCUT2D eigenvalue weighted by Crippen LogP contribution is 2.44. The van der Waals surface area contributed by atoms with Gasteiger partial charge in [-0.15, -0.1) is 0 Å². The van der Waals surface area contributed by atoms with Gasteiger partial charge in [0.25, 0.3) is 0 Å². The number of nitrogens with zero attached hydrogens (tertiary/aromatic N) is 4. The van der Waals surface area contributed by atoms with E-state index in [0.29, 0.717) is 0 Å². The van der Waals surface area contributed by atoms with Gasteiger partial charge in [-0.1, -0.05) is 121 Å². The molecule has 0 radical (unpaired) electrons. The Labute approximate surface area is 366 Å². The lowest BCUT2D eigenvalue weighted by molar-refractivity contribution is 1.17. The smallest absolute Gasteiger partial charge is 0.0622 e. The minimum absolute atomic E-state index is 1.15. The molecule has 15 aromatic rings. The standard InChI is InChI=1S/C60H36N4/c1-2-14-39(15-3-1)61-52-21-9-6-18-44(52)49-34-40(28-31-59(49)61)62-53-22-10-4-16-42(53)47-32-37(26-29-57(47)62)38-27-30-58-48(33-38)43-17-5-11-23-54(43)63(58)41-35-50-45-19-7-12-24-55(45)64-56-25-13-8-20-46(56)51(36-41)60(50)64/h1-36H. The lowest BCUT2D eigenvalue weighted by Gasteiger charge is -2.11.